The Balaban J connectivity index is 2.47. The molecule has 1 rings (SSSR count). The molecule has 0 spiro atoms. The fraction of sp³-hybridized carbons (Fsp3) is 0.750. The molecule has 0 amide bonds. The number of hydrogen-bond donors (Lipinski definition) is 0. The van der Waals surface area contributed by atoms with E-state index in [-0.39, 0.29) is 5.92 Å². The molecule has 0 aliphatic heterocycles. The summed E-state index contributed by atoms with van der Waals surface area (Å²) in [6.07, 6.45) is -0.114. The minimum Gasteiger partial charge on any atom is -0.459 e. The summed E-state index contributed by atoms with van der Waals surface area (Å²) in [4.78, 5) is 11.2. The van der Waals surface area contributed by atoms with E-state index in [1.165, 1.54) is 0 Å². The molecule has 2 nitrogen and oxygen atoms in total. The topological polar surface area (TPSA) is 26.3 Å². The molecule has 0 aromatic carbocycles. The lowest BCUT2D eigenvalue weighted by atomic mass is 9.86. The average Bonchev–Trinajstić information content (AvgIpc) is 2.27. The van der Waals surface area contributed by atoms with Gasteiger partial charge in [0.15, 0.2) is 0 Å². The molecule has 0 aromatic heterocycles. The molecule has 17 heavy (non-hydrogen) atoms. The van der Waals surface area contributed by atoms with Gasteiger partial charge in [0.25, 0.3) is 0 Å². The van der Waals surface area contributed by atoms with Crippen molar-refractivity contribution >= 4 is 5.97 Å². The SMILES string of the molecule is C=C(C(=O)OC(C)C1CCCCC1)C(F)(F)F. The zero-order chi connectivity index (χ0) is 13.1. The molecule has 1 aliphatic carbocycles. The number of esters is 1. The first-order valence-corrected chi connectivity index (χ1v) is 5.79. The number of carbonyl (C=O) groups is 1. The van der Waals surface area contributed by atoms with Crippen LogP contribution in [0, 0.1) is 5.92 Å². The van der Waals surface area contributed by atoms with Gasteiger partial charge in [-0.05, 0) is 25.7 Å². The monoisotopic (exact) mass is 250 g/mol. The summed E-state index contributed by atoms with van der Waals surface area (Å²) >= 11 is 0. The number of halogens is 3. The van der Waals surface area contributed by atoms with Crippen LogP contribution in [0.4, 0.5) is 13.2 Å². The van der Waals surface area contributed by atoms with Gasteiger partial charge in [0.1, 0.15) is 11.7 Å². The van der Waals surface area contributed by atoms with Crippen molar-refractivity contribution in [1.82, 2.24) is 0 Å². The quantitative estimate of drug-likeness (QED) is 0.565. The first-order valence-electron chi connectivity index (χ1n) is 5.79. The predicted octanol–water partition coefficient (Wildman–Crippen LogP) is 3.62. The molecule has 1 aliphatic rings. The van der Waals surface area contributed by atoms with Crippen LogP contribution < -0.4 is 0 Å². The van der Waals surface area contributed by atoms with Crippen LogP contribution in [-0.4, -0.2) is 18.2 Å². The normalized spacial score (nSPS) is 19.8. The third-order valence-electron chi connectivity index (χ3n) is 3.20. The van der Waals surface area contributed by atoms with Crippen LogP contribution in [0.5, 0.6) is 0 Å². The highest BCUT2D eigenvalue weighted by Gasteiger charge is 2.39. The molecule has 0 saturated heterocycles. The van der Waals surface area contributed by atoms with Gasteiger partial charge in [-0.2, -0.15) is 13.2 Å². The number of alkyl halides is 3. The van der Waals surface area contributed by atoms with Crippen LogP contribution in [0.15, 0.2) is 12.2 Å². The standard InChI is InChI=1S/C12H17F3O2/c1-8(12(13,14)15)11(16)17-9(2)10-6-4-3-5-7-10/h9-10H,1,3-7H2,2H3. The summed E-state index contributed by atoms with van der Waals surface area (Å²) in [5, 5.41) is 0. The van der Waals surface area contributed by atoms with Crippen molar-refractivity contribution in [3.8, 4) is 0 Å². The summed E-state index contributed by atoms with van der Waals surface area (Å²) < 4.78 is 41.4. The Labute approximate surface area is 98.8 Å². The van der Waals surface area contributed by atoms with Crippen molar-refractivity contribution < 1.29 is 22.7 Å². The largest absolute Gasteiger partial charge is 0.459 e. The van der Waals surface area contributed by atoms with E-state index in [1.54, 1.807) is 6.92 Å². The first-order chi connectivity index (χ1) is 7.82. The molecule has 5 heteroatoms. The number of ether oxygens (including phenoxy) is 1. The van der Waals surface area contributed by atoms with E-state index >= 15 is 0 Å². The van der Waals surface area contributed by atoms with Gasteiger partial charge in [0.05, 0.1) is 0 Å². The lowest BCUT2D eigenvalue weighted by Crippen LogP contribution is -2.29. The van der Waals surface area contributed by atoms with Crippen molar-refractivity contribution in [2.24, 2.45) is 5.92 Å². The maximum Gasteiger partial charge on any atom is 0.422 e. The van der Waals surface area contributed by atoms with Crippen molar-refractivity contribution in [2.45, 2.75) is 51.3 Å². The molecule has 0 heterocycles. The molecule has 1 saturated carbocycles. The second-order valence-electron chi connectivity index (χ2n) is 4.48. The van der Waals surface area contributed by atoms with Crippen molar-refractivity contribution in [3.63, 3.8) is 0 Å². The molecule has 0 bridgehead atoms. The van der Waals surface area contributed by atoms with Gasteiger partial charge in [0, 0.05) is 0 Å². The van der Waals surface area contributed by atoms with Gasteiger partial charge < -0.3 is 4.74 Å². The van der Waals surface area contributed by atoms with Gasteiger partial charge in [0.2, 0.25) is 0 Å². The summed E-state index contributed by atoms with van der Waals surface area (Å²) in [7, 11) is 0. The zero-order valence-corrected chi connectivity index (χ0v) is 9.85. The zero-order valence-electron chi connectivity index (χ0n) is 9.85. The van der Waals surface area contributed by atoms with Crippen molar-refractivity contribution in [1.29, 1.82) is 0 Å². The third kappa shape index (κ3) is 4.06. The Hall–Kier alpha value is -1.00. The van der Waals surface area contributed by atoms with E-state index in [4.69, 9.17) is 4.74 Å². The molecule has 1 fully saturated rings. The van der Waals surface area contributed by atoms with Crippen LogP contribution in [0.3, 0.4) is 0 Å². The summed E-state index contributed by atoms with van der Waals surface area (Å²) in [5.74, 6) is -1.18. The minimum absolute atomic E-state index is 0.175. The van der Waals surface area contributed by atoms with Gasteiger partial charge in [-0.25, -0.2) is 4.79 Å². The van der Waals surface area contributed by atoms with Crippen LogP contribution >= 0.6 is 0 Å². The highest BCUT2D eigenvalue weighted by Crippen LogP contribution is 2.30. The van der Waals surface area contributed by atoms with E-state index in [1.807, 2.05) is 0 Å². The molecule has 0 radical (unpaired) electrons. The molecule has 1 atom stereocenters. The summed E-state index contributed by atoms with van der Waals surface area (Å²) in [6, 6.07) is 0. The lowest BCUT2D eigenvalue weighted by molar-refractivity contribution is -0.157. The average molecular weight is 250 g/mol. The van der Waals surface area contributed by atoms with Crippen LogP contribution in [0.1, 0.15) is 39.0 Å². The molecular weight excluding hydrogens is 233 g/mol. The third-order valence-corrected chi connectivity index (χ3v) is 3.20. The van der Waals surface area contributed by atoms with E-state index in [9.17, 15) is 18.0 Å². The lowest BCUT2D eigenvalue weighted by Gasteiger charge is -2.27. The summed E-state index contributed by atoms with van der Waals surface area (Å²) in [5.41, 5.74) is -1.43. The van der Waals surface area contributed by atoms with Crippen molar-refractivity contribution in [2.75, 3.05) is 0 Å². The van der Waals surface area contributed by atoms with Crippen LogP contribution in [0.25, 0.3) is 0 Å². The van der Waals surface area contributed by atoms with Gasteiger partial charge in [-0.15, -0.1) is 0 Å². The molecule has 0 aromatic rings. The minimum atomic E-state index is -4.70. The highest BCUT2D eigenvalue weighted by molar-refractivity contribution is 5.89. The molecule has 1 unspecified atom stereocenters. The Kier molecular flexibility index (Phi) is 4.60. The van der Waals surface area contributed by atoms with E-state index in [0.717, 1.165) is 32.1 Å². The number of carbonyl (C=O) groups excluding carboxylic acids is 1. The maximum absolute atomic E-state index is 12.2. The fourth-order valence-electron chi connectivity index (χ4n) is 2.06. The smallest absolute Gasteiger partial charge is 0.422 e. The van der Waals surface area contributed by atoms with Gasteiger partial charge in [-0.1, -0.05) is 25.8 Å². The molecule has 98 valence electrons. The van der Waals surface area contributed by atoms with Gasteiger partial charge >= 0.3 is 12.1 Å². The van der Waals surface area contributed by atoms with E-state index in [2.05, 4.69) is 6.58 Å². The fourth-order valence-corrected chi connectivity index (χ4v) is 2.06. The number of rotatable bonds is 3. The van der Waals surface area contributed by atoms with E-state index in [0.29, 0.717) is 0 Å². The first kappa shape index (κ1) is 14.1. The molecular formula is C12H17F3O2. The van der Waals surface area contributed by atoms with Crippen LogP contribution in [0.2, 0.25) is 0 Å². The Morgan fingerprint density at radius 2 is 1.82 bits per heavy atom. The predicted molar refractivity (Wildman–Crippen MR) is 57.3 cm³/mol. The summed E-state index contributed by atoms with van der Waals surface area (Å²) in [6.45, 7) is 4.37. The van der Waals surface area contributed by atoms with E-state index < -0.39 is 23.8 Å². The van der Waals surface area contributed by atoms with Gasteiger partial charge in [-0.3, -0.25) is 0 Å². The second-order valence-corrected chi connectivity index (χ2v) is 4.48. The van der Waals surface area contributed by atoms with Crippen LogP contribution in [-0.2, 0) is 9.53 Å². The maximum atomic E-state index is 12.2. The molecule has 0 N–H and O–H groups in total. The Morgan fingerprint density at radius 1 is 1.29 bits per heavy atom. The Bertz CT molecular complexity index is 291. The van der Waals surface area contributed by atoms with Crippen molar-refractivity contribution in [3.05, 3.63) is 12.2 Å². The second kappa shape index (κ2) is 5.56. The Morgan fingerprint density at radius 3 is 2.29 bits per heavy atom. The number of hydrogen-bond acceptors (Lipinski definition) is 2. The highest BCUT2D eigenvalue weighted by atomic mass is 19.4.